The summed E-state index contributed by atoms with van der Waals surface area (Å²) in [5.41, 5.74) is 25.6. The molecule has 8 rings (SSSR count). The van der Waals surface area contributed by atoms with E-state index in [1.54, 1.807) is 12.4 Å². The van der Waals surface area contributed by atoms with E-state index in [4.69, 9.17) is 26.8 Å². The summed E-state index contributed by atoms with van der Waals surface area (Å²) in [5.74, 6) is 1.13. The van der Waals surface area contributed by atoms with Crippen LogP contribution in [0.2, 0.25) is 0 Å². The van der Waals surface area contributed by atoms with Gasteiger partial charge in [0.05, 0.1) is 18.7 Å². The number of ether oxygens (including phenoxy) is 1. The van der Waals surface area contributed by atoms with Gasteiger partial charge in [0.1, 0.15) is 29.7 Å². The van der Waals surface area contributed by atoms with E-state index >= 15 is 0 Å². The summed E-state index contributed by atoms with van der Waals surface area (Å²) in [5, 5.41) is 1.31. The topological polar surface area (TPSA) is 222 Å². The quantitative estimate of drug-likeness (QED) is 0.0341. The minimum Gasteiger partial charge on any atom is -0.494 e. The second-order valence-electron chi connectivity index (χ2n) is 20.5. The zero-order valence-corrected chi connectivity index (χ0v) is 49.1. The number of halogens is 1. The van der Waals surface area contributed by atoms with Crippen LogP contribution in [0.1, 0.15) is 143 Å². The highest BCUT2D eigenvalue weighted by atomic mass is 79.9. The van der Waals surface area contributed by atoms with Gasteiger partial charge in [-0.05, 0) is 147 Å². The molecular formula is C66H80BrN7O8. The Labute approximate surface area is 492 Å². The predicted molar refractivity (Wildman–Crippen MR) is 326 cm³/mol. The Morgan fingerprint density at radius 1 is 0.524 bits per heavy atom. The number of para-hydroxylation sites is 1. The van der Waals surface area contributed by atoms with Crippen LogP contribution in [-0.2, 0) is 59.5 Å². The Morgan fingerprint density at radius 2 is 0.951 bits per heavy atom. The first-order chi connectivity index (χ1) is 39.7. The van der Waals surface area contributed by atoms with Crippen LogP contribution in [0.4, 0.5) is 17.1 Å². The van der Waals surface area contributed by atoms with Crippen molar-refractivity contribution in [2.45, 2.75) is 135 Å². The summed E-state index contributed by atoms with van der Waals surface area (Å²) in [7, 11) is 0. The second-order valence-corrected chi connectivity index (χ2v) is 21.4. The number of carbonyl (C=O) groups excluding carboxylic acids is 6. The molecule has 0 spiro atoms. The third-order valence-electron chi connectivity index (χ3n) is 14.6. The number of nitrogens with zero attached hydrogens (tertiary/aromatic N) is 4. The van der Waals surface area contributed by atoms with Crippen LogP contribution >= 0.6 is 15.9 Å². The number of hydrogen-bond acceptors (Lipinski definition) is 12. The summed E-state index contributed by atoms with van der Waals surface area (Å²) in [6.45, 7) is 6.64. The fourth-order valence-electron chi connectivity index (χ4n) is 9.97. The molecule has 0 bridgehead atoms. The van der Waals surface area contributed by atoms with Crippen molar-refractivity contribution in [3.05, 3.63) is 184 Å². The van der Waals surface area contributed by atoms with Crippen LogP contribution < -0.4 is 21.9 Å². The number of aryl methyl sites for hydroxylation is 3. The molecule has 0 saturated carbocycles. The van der Waals surface area contributed by atoms with Gasteiger partial charge in [0, 0.05) is 117 Å². The summed E-state index contributed by atoms with van der Waals surface area (Å²) in [6, 6.07) is 42.4. The van der Waals surface area contributed by atoms with Gasteiger partial charge in [-0.15, -0.1) is 0 Å². The number of amides is 3. The van der Waals surface area contributed by atoms with E-state index in [0.29, 0.717) is 83.2 Å². The number of Topliss-reactive ketones (excluding diaryl/α,β-unsaturated/α-hetero) is 3. The van der Waals surface area contributed by atoms with Crippen molar-refractivity contribution in [1.82, 2.24) is 19.8 Å². The number of rotatable bonds is 26. The number of anilines is 3. The first-order valence-electron chi connectivity index (χ1n) is 28.7. The van der Waals surface area contributed by atoms with Crippen LogP contribution in [0.15, 0.2) is 150 Å². The number of carbonyl (C=O) groups is 6. The number of aromatic nitrogens is 1. The molecule has 3 heterocycles. The fourth-order valence-corrected chi connectivity index (χ4v) is 10.5. The zero-order chi connectivity index (χ0) is 58.6. The zero-order valence-electron chi connectivity index (χ0n) is 47.5. The lowest BCUT2D eigenvalue weighted by Crippen LogP contribution is -2.31. The molecule has 2 aliphatic rings. The number of nitrogens with two attached hydrogens (primary N) is 3. The minimum absolute atomic E-state index is 0.0372. The van der Waals surface area contributed by atoms with Crippen molar-refractivity contribution in [2.75, 3.05) is 43.4 Å². The van der Waals surface area contributed by atoms with Crippen LogP contribution in [0.5, 0.6) is 5.75 Å². The molecule has 3 amide bonds. The fraction of sp³-hybridized carbons (Fsp3) is 0.379. The number of pyridine rings is 1. The molecule has 5 aromatic carbocycles. The summed E-state index contributed by atoms with van der Waals surface area (Å²) >= 11 is 3.59. The standard InChI is InChI=1S/C24H30N2O3.C22H25BrN2O2.C20H25N3O3/c1-2-29-23-8-4-3-6-21(23)22-7-5-17-26(22)24(28)16-15-20(27)14-11-18-9-12-19(25)13-10-18;23-20-5-2-1-4-19(20)21-6-3-15-25(21)22(27)14-13-18(26)12-9-16-7-10-17(24)11-8-16;1-2-23(26-15-17-11-13-22-14-12-17)20(25)10-9-19(24)8-5-16-3-6-18(21)7-4-16/h3-4,6,8-10,12-13,22H,2,5,7,11,14-17,25H2,1H3;1-2,4-5,7-8,10-11,21H,3,6,9,12-15,24H2;3-4,6-7,11-14H,2,5,8-10,15,21H2,1H3. The van der Waals surface area contributed by atoms with Gasteiger partial charge in [0.15, 0.2) is 0 Å². The third-order valence-corrected chi connectivity index (χ3v) is 15.3. The first-order valence-corrected chi connectivity index (χ1v) is 29.5. The van der Waals surface area contributed by atoms with Gasteiger partial charge in [-0.1, -0.05) is 88.7 Å². The number of benzene rings is 5. The highest BCUT2D eigenvalue weighted by Crippen LogP contribution is 2.38. The van der Waals surface area contributed by atoms with E-state index in [2.05, 4.69) is 27.0 Å². The largest absolute Gasteiger partial charge is 0.494 e. The van der Waals surface area contributed by atoms with E-state index in [1.165, 1.54) is 5.06 Å². The van der Waals surface area contributed by atoms with E-state index in [-0.39, 0.29) is 66.4 Å². The number of hydroxylamine groups is 2. The number of likely N-dealkylation sites (tertiary alicyclic amines) is 2. The third kappa shape index (κ3) is 21.0. The molecule has 2 aliphatic heterocycles. The number of hydrogen-bond donors (Lipinski definition) is 3. The maximum Gasteiger partial charge on any atom is 0.246 e. The van der Waals surface area contributed by atoms with Gasteiger partial charge >= 0.3 is 0 Å². The molecule has 1 aromatic heterocycles. The van der Waals surface area contributed by atoms with Crippen LogP contribution in [-0.4, -0.2) is 81.2 Å². The van der Waals surface area contributed by atoms with Gasteiger partial charge in [-0.25, -0.2) is 5.06 Å². The van der Waals surface area contributed by atoms with E-state index < -0.39 is 0 Å². The monoisotopic (exact) mass is 1180 g/mol. The van der Waals surface area contributed by atoms with Crippen molar-refractivity contribution in [3.63, 3.8) is 0 Å². The van der Waals surface area contributed by atoms with Crippen molar-refractivity contribution < 1.29 is 38.3 Å². The lowest BCUT2D eigenvalue weighted by atomic mass is 10.0. The average molecular weight is 1180 g/mol. The van der Waals surface area contributed by atoms with Crippen molar-refractivity contribution in [2.24, 2.45) is 0 Å². The molecule has 434 valence electrons. The van der Waals surface area contributed by atoms with Crippen molar-refractivity contribution in [1.29, 1.82) is 0 Å². The maximum absolute atomic E-state index is 12.8. The molecule has 2 fully saturated rings. The summed E-state index contributed by atoms with van der Waals surface area (Å²) < 4.78 is 6.79. The molecule has 6 aromatic rings. The summed E-state index contributed by atoms with van der Waals surface area (Å²) in [4.78, 5) is 87.6. The lowest BCUT2D eigenvalue weighted by Gasteiger charge is -2.26. The van der Waals surface area contributed by atoms with Crippen LogP contribution in [0, 0.1) is 0 Å². The minimum atomic E-state index is -0.178. The van der Waals surface area contributed by atoms with E-state index in [9.17, 15) is 28.8 Å². The molecule has 0 aliphatic carbocycles. The maximum atomic E-state index is 12.8. The van der Waals surface area contributed by atoms with Gasteiger partial charge in [-0.2, -0.15) is 0 Å². The van der Waals surface area contributed by atoms with Crippen LogP contribution in [0.3, 0.4) is 0 Å². The molecule has 6 N–H and O–H groups in total. The number of nitrogen functional groups attached to an aromatic ring is 3. The Morgan fingerprint density at radius 3 is 1.40 bits per heavy atom. The number of ketones is 3. The normalized spacial score (nSPS) is 14.4. The molecule has 2 unspecified atom stereocenters. The highest BCUT2D eigenvalue weighted by Gasteiger charge is 2.33. The molecule has 2 saturated heterocycles. The Hall–Kier alpha value is -7.69. The van der Waals surface area contributed by atoms with Gasteiger partial charge in [-0.3, -0.25) is 38.6 Å². The molecule has 82 heavy (non-hydrogen) atoms. The van der Waals surface area contributed by atoms with Crippen molar-refractivity contribution in [3.8, 4) is 5.75 Å². The van der Waals surface area contributed by atoms with Gasteiger partial charge in [0.25, 0.3) is 0 Å². The Balaban J connectivity index is 0.000000198. The predicted octanol–water partition coefficient (Wildman–Crippen LogP) is 11.9. The highest BCUT2D eigenvalue weighted by molar-refractivity contribution is 9.10. The molecule has 0 radical (unpaired) electrons. The summed E-state index contributed by atoms with van der Waals surface area (Å²) in [6.07, 6.45) is 12.2. The smallest absolute Gasteiger partial charge is 0.246 e. The van der Waals surface area contributed by atoms with Gasteiger partial charge in [0.2, 0.25) is 17.7 Å². The van der Waals surface area contributed by atoms with Gasteiger partial charge < -0.3 is 31.7 Å². The molecule has 15 nitrogen and oxygen atoms in total. The molecule has 2 atom stereocenters. The SMILES string of the molecule is CCN(OCc1ccncc1)C(=O)CCC(=O)CCc1ccc(N)cc1.CCOc1ccccc1C1CCCN1C(=O)CCC(=O)CCc1ccc(N)cc1.Nc1ccc(CCC(=O)CCC(=O)N2CCCC2c2ccccc2Br)cc1. The second kappa shape index (κ2) is 33.9. The van der Waals surface area contributed by atoms with E-state index in [1.807, 2.05) is 151 Å². The Bertz CT molecular complexity index is 2980. The molecule has 16 heteroatoms. The van der Waals surface area contributed by atoms with E-state index in [0.717, 1.165) is 93.8 Å². The van der Waals surface area contributed by atoms with Crippen LogP contribution in [0.25, 0.3) is 0 Å². The first kappa shape index (κ1) is 63.5. The van der Waals surface area contributed by atoms with Crippen molar-refractivity contribution >= 4 is 68.1 Å². The lowest BCUT2D eigenvalue weighted by molar-refractivity contribution is -0.190. The molecular weight excluding hydrogens is 1100 g/mol. The average Bonchev–Trinajstić information content (AvgIpc) is 4.42. The Kier molecular flexibility index (Phi) is 26.3.